The first-order chi connectivity index (χ1) is 7.10. The standard InChI is InChI=1S/C5H13N.C4H11N.C4H10.3CH4/c1-4-5-6(2)3;1-3-4-5-2;1-3-4-2;;;/h4-5H2,1-3H3;5H,3-4H2,1-2H3;3-4H2,1-2H3;3*1H4. The molecule has 120 valence electrons. The third kappa shape index (κ3) is 101. The molecule has 0 heterocycles. The second-order valence-corrected chi connectivity index (χ2v) is 3.91. The highest BCUT2D eigenvalue weighted by molar-refractivity contribution is 4.34. The van der Waals surface area contributed by atoms with Gasteiger partial charge in [-0.3, -0.25) is 0 Å². The van der Waals surface area contributed by atoms with Gasteiger partial charge in [-0.2, -0.15) is 0 Å². The molecule has 0 aromatic rings. The monoisotopic (exact) mass is 266 g/mol. The van der Waals surface area contributed by atoms with Crippen molar-refractivity contribution < 1.29 is 0 Å². The average Bonchev–Trinajstić information content (AvgIpc) is 2.20. The second kappa shape index (κ2) is 43.6. The summed E-state index contributed by atoms with van der Waals surface area (Å²) < 4.78 is 0. The number of nitrogens with one attached hydrogen (secondary N) is 1. The van der Waals surface area contributed by atoms with Gasteiger partial charge in [0.15, 0.2) is 0 Å². The van der Waals surface area contributed by atoms with Gasteiger partial charge in [-0.25, -0.2) is 0 Å². The molecule has 0 saturated carbocycles. The van der Waals surface area contributed by atoms with Gasteiger partial charge in [0.1, 0.15) is 0 Å². The maximum atomic E-state index is 3.02. The summed E-state index contributed by atoms with van der Waals surface area (Å²) in [6, 6.07) is 0. The summed E-state index contributed by atoms with van der Waals surface area (Å²) in [6.07, 6.45) is 5.13. The normalized spacial score (nSPS) is 7.33. The van der Waals surface area contributed by atoms with E-state index in [-0.39, 0.29) is 22.3 Å². The molecule has 0 radical (unpaired) electrons. The van der Waals surface area contributed by atoms with E-state index in [2.05, 4.69) is 52.0 Å². The molecule has 0 aromatic carbocycles. The third-order valence-corrected chi connectivity index (χ3v) is 1.67. The van der Waals surface area contributed by atoms with Gasteiger partial charge in [-0.15, -0.1) is 0 Å². The van der Waals surface area contributed by atoms with Gasteiger partial charge < -0.3 is 10.2 Å². The van der Waals surface area contributed by atoms with Crippen LogP contribution in [0.1, 0.15) is 75.7 Å². The van der Waals surface area contributed by atoms with Gasteiger partial charge in [0.25, 0.3) is 0 Å². The minimum absolute atomic E-state index is 0. The van der Waals surface area contributed by atoms with Crippen molar-refractivity contribution >= 4 is 0 Å². The van der Waals surface area contributed by atoms with Crippen molar-refractivity contribution in [3.63, 3.8) is 0 Å². The molecule has 0 rings (SSSR count). The topological polar surface area (TPSA) is 15.3 Å². The summed E-state index contributed by atoms with van der Waals surface area (Å²) >= 11 is 0. The zero-order valence-corrected chi connectivity index (χ0v) is 12.2. The van der Waals surface area contributed by atoms with Crippen molar-refractivity contribution in [3.8, 4) is 0 Å². The Morgan fingerprint density at radius 3 is 1.11 bits per heavy atom. The van der Waals surface area contributed by atoms with E-state index in [4.69, 9.17) is 0 Å². The lowest BCUT2D eigenvalue weighted by molar-refractivity contribution is 0.408. The Bertz CT molecular complexity index is 69.5. The van der Waals surface area contributed by atoms with Crippen LogP contribution in [0.5, 0.6) is 0 Å². The smallest absolute Gasteiger partial charge is 0.00275 e. The van der Waals surface area contributed by atoms with E-state index in [0.29, 0.717) is 0 Å². The van der Waals surface area contributed by atoms with Crippen molar-refractivity contribution in [2.45, 2.75) is 75.7 Å². The summed E-state index contributed by atoms with van der Waals surface area (Å²) in [4.78, 5) is 2.18. The van der Waals surface area contributed by atoms with Crippen LogP contribution < -0.4 is 5.32 Å². The summed E-state index contributed by atoms with van der Waals surface area (Å²) in [5.41, 5.74) is 0. The molecule has 0 spiro atoms. The number of hydrogen-bond acceptors (Lipinski definition) is 2. The van der Waals surface area contributed by atoms with Crippen molar-refractivity contribution in [2.24, 2.45) is 0 Å². The van der Waals surface area contributed by atoms with Crippen molar-refractivity contribution in [2.75, 3.05) is 34.2 Å². The van der Waals surface area contributed by atoms with Crippen molar-refractivity contribution in [1.82, 2.24) is 10.2 Å². The van der Waals surface area contributed by atoms with Crippen LogP contribution in [0, 0.1) is 0 Å². The molecule has 0 bridgehead atoms. The highest BCUT2D eigenvalue weighted by atomic mass is 15.0. The molecule has 2 heteroatoms. The zero-order valence-electron chi connectivity index (χ0n) is 12.2. The maximum absolute atomic E-state index is 3.02. The first-order valence-corrected chi connectivity index (χ1v) is 6.39. The van der Waals surface area contributed by atoms with Crippen LogP contribution in [0.4, 0.5) is 0 Å². The lowest BCUT2D eigenvalue weighted by Gasteiger charge is -2.03. The van der Waals surface area contributed by atoms with Crippen molar-refractivity contribution in [1.29, 1.82) is 0 Å². The van der Waals surface area contributed by atoms with E-state index in [9.17, 15) is 0 Å². The van der Waals surface area contributed by atoms with Gasteiger partial charge in [-0.1, -0.05) is 62.8 Å². The number of unbranched alkanes of at least 4 members (excludes halogenated alkanes) is 1. The van der Waals surface area contributed by atoms with Gasteiger partial charge in [0, 0.05) is 0 Å². The lowest BCUT2D eigenvalue weighted by atomic mass is 10.4. The number of hydrogen-bond donors (Lipinski definition) is 1. The molecule has 18 heavy (non-hydrogen) atoms. The Morgan fingerprint density at radius 2 is 1.11 bits per heavy atom. The zero-order chi connectivity index (χ0) is 12.5. The molecule has 0 aliphatic carbocycles. The largest absolute Gasteiger partial charge is 0.320 e. The quantitative estimate of drug-likeness (QED) is 0.727. The van der Waals surface area contributed by atoms with Crippen LogP contribution in [-0.4, -0.2) is 39.1 Å². The predicted octanol–water partition coefficient (Wildman–Crippen LogP) is 5.29. The number of rotatable bonds is 5. The van der Waals surface area contributed by atoms with E-state index in [1.165, 1.54) is 32.2 Å². The van der Waals surface area contributed by atoms with Crippen LogP contribution >= 0.6 is 0 Å². The Balaban J connectivity index is -0.0000000282. The fourth-order valence-electron chi connectivity index (χ4n) is 0.697. The molecule has 1 N–H and O–H groups in total. The molecule has 0 fully saturated rings. The van der Waals surface area contributed by atoms with Crippen LogP contribution in [0.2, 0.25) is 0 Å². The predicted molar refractivity (Wildman–Crippen MR) is 93.8 cm³/mol. The van der Waals surface area contributed by atoms with Crippen molar-refractivity contribution in [3.05, 3.63) is 0 Å². The summed E-state index contributed by atoms with van der Waals surface area (Å²) in [6.45, 7) is 11.0. The maximum Gasteiger partial charge on any atom is -0.00275 e. The van der Waals surface area contributed by atoms with E-state index in [0.717, 1.165) is 6.54 Å². The first kappa shape index (κ1) is 36.1. The van der Waals surface area contributed by atoms with Gasteiger partial charge >= 0.3 is 0 Å². The molecule has 0 amide bonds. The molecule has 0 saturated heterocycles. The summed E-state index contributed by atoms with van der Waals surface area (Å²) in [5, 5.41) is 3.02. The van der Waals surface area contributed by atoms with E-state index < -0.39 is 0 Å². The first-order valence-electron chi connectivity index (χ1n) is 6.39. The Hall–Kier alpha value is -0.0800. The third-order valence-electron chi connectivity index (χ3n) is 1.67. The molecule has 0 aliphatic heterocycles. The molecule has 0 aliphatic rings. The van der Waals surface area contributed by atoms with Crippen LogP contribution in [-0.2, 0) is 0 Å². The minimum atomic E-state index is 0. The van der Waals surface area contributed by atoms with Gasteiger partial charge in [0.05, 0.1) is 0 Å². The average molecular weight is 267 g/mol. The molecule has 0 aromatic heterocycles. The lowest BCUT2D eigenvalue weighted by Crippen LogP contribution is -2.11. The molecule has 2 nitrogen and oxygen atoms in total. The fraction of sp³-hybridized carbons (Fsp3) is 1.00. The minimum Gasteiger partial charge on any atom is -0.320 e. The van der Waals surface area contributed by atoms with E-state index >= 15 is 0 Å². The van der Waals surface area contributed by atoms with Gasteiger partial charge in [-0.05, 0) is 47.1 Å². The summed E-state index contributed by atoms with van der Waals surface area (Å²) in [7, 11) is 6.14. The van der Waals surface area contributed by atoms with Crippen LogP contribution in [0.15, 0.2) is 0 Å². The van der Waals surface area contributed by atoms with E-state index in [1.807, 2.05) is 7.05 Å². The fourth-order valence-corrected chi connectivity index (χ4v) is 0.697. The highest BCUT2D eigenvalue weighted by Gasteiger charge is 1.79. The summed E-state index contributed by atoms with van der Waals surface area (Å²) in [5.74, 6) is 0. The Kier molecular flexibility index (Phi) is 87.4. The second-order valence-electron chi connectivity index (χ2n) is 3.91. The molecule has 0 unspecified atom stereocenters. The van der Waals surface area contributed by atoms with Gasteiger partial charge in [0.2, 0.25) is 0 Å². The Morgan fingerprint density at radius 1 is 0.722 bits per heavy atom. The number of nitrogens with zero attached hydrogens (tertiary/aromatic N) is 1. The Labute approximate surface area is 121 Å². The van der Waals surface area contributed by atoms with E-state index in [1.54, 1.807) is 0 Å². The van der Waals surface area contributed by atoms with Crippen LogP contribution in [0.3, 0.4) is 0 Å². The molecule has 0 atom stereocenters. The SMILES string of the molecule is C.C.C.CCCC.CCCN(C)C.CCCNC. The van der Waals surface area contributed by atoms with Crippen LogP contribution in [0.25, 0.3) is 0 Å². The highest BCUT2D eigenvalue weighted by Crippen LogP contribution is 1.77. The molecular weight excluding hydrogens is 220 g/mol. The molecular formula is C16H46N2.